The number of carbonyl (C=O) groups excluding carboxylic acids is 1. The number of nitrogens with one attached hydrogen (secondary N) is 1. The lowest BCUT2D eigenvalue weighted by atomic mass is 9.98. The number of amides is 1. The van der Waals surface area contributed by atoms with Crippen LogP contribution in [0.15, 0.2) is 36.5 Å². The molecule has 0 fully saturated rings. The average Bonchev–Trinajstić information content (AvgIpc) is 2.84. The van der Waals surface area contributed by atoms with Crippen molar-refractivity contribution in [1.29, 1.82) is 0 Å². The Morgan fingerprint density at radius 1 is 1.39 bits per heavy atom. The van der Waals surface area contributed by atoms with Gasteiger partial charge >= 0.3 is 5.97 Å². The third kappa shape index (κ3) is 5.54. The van der Waals surface area contributed by atoms with Gasteiger partial charge in [-0.2, -0.15) is 5.10 Å². The molecule has 0 saturated carbocycles. The molecule has 1 unspecified atom stereocenters. The minimum Gasteiger partial charge on any atom is -0.480 e. The second-order valence-corrected chi connectivity index (χ2v) is 5.48. The molecule has 1 aromatic carbocycles. The zero-order chi connectivity index (χ0) is 16.8. The second-order valence-electron chi connectivity index (χ2n) is 5.48. The molecule has 1 aromatic heterocycles. The number of carbonyl (C=O) groups is 2. The summed E-state index contributed by atoms with van der Waals surface area (Å²) < 4.78 is 14.4. The highest BCUT2D eigenvalue weighted by Crippen LogP contribution is 2.14. The lowest BCUT2D eigenvalue weighted by molar-refractivity contribution is -0.137. The maximum absolute atomic E-state index is 13.1. The smallest absolute Gasteiger partial charge is 0.325 e. The van der Waals surface area contributed by atoms with Gasteiger partial charge in [0.2, 0.25) is 5.91 Å². The normalized spacial score (nSPS) is 11.9. The highest BCUT2D eigenvalue weighted by atomic mass is 19.1. The Morgan fingerprint density at radius 3 is 2.87 bits per heavy atom. The van der Waals surface area contributed by atoms with E-state index in [9.17, 15) is 14.0 Å². The number of benzene rings is 1. The van der Waals surface area contributed by atoms with Crippen molar-refractivity contribution < 1.29 is 19.1 Å². The molecule has 23 heavy (non-hydrogen) atoms. The molecule has 1 amide bonds. The molecule has 122 valence electrons. The third-order valence-corrected chi connectivity index (χ3v) is 3.21. The molecule has 0 aliphatic heterocycles. The summed E-state index contributed by atoms with van der Waals surface area (Å²) in [5, 5.41) is 15.2. The number of anilines is 1. The third-order valence-electron chi connectivity index (χ3n) is 3.21. The van der Waals surface area contributed by atoms with E-state index in [0.717, 1.165) is 5.56 Å². The van der Waals surface area contributed by atoms with Gasteiger partial charge in [0.15, 0.2) is 5.82 Å². The van der Waals surface area contributed by atoms with Gasteiger partial charge in [0.25, 0.3) is 0 Å². The maximum Gasteiger partial charge on any atom is 0.325 e. The molecule has 1 heterocycles. The first-order chi connectivity index (χ1) is 10.9. The fraction of sp³-hybridized carbons (Fsp3) is 0.312. The molecule has 0 radical (unpaired) electrons. The molecule has 0 aliphatic carbocycles. The maximum atomic E-state index is 13.1. The van der Waals surface area contributed by atoms with Crippen molar-refractivity contribution in [3.63, 3.8) is 0 Å². The first-order valence-electron chi connectivity index (χ1n) is 7.22. The molecule has 0 bridgehead atoms. The van der Waals surface area contributed by atoms with Crippen LogP contribution in [0.5, 0.6) is 0 Å². The first-order valence-corrected chi connectivity index (χ1v) is 7.22. The number of nitrogens with zero attached hydrogens (tertiary/aromatic N) is 2. The van der Waals surface area contributed by atoms with E-state index < -0.39 is 5.97 Å². The highest BCUT2D eigenvalue weighted by Gasteiger charge is 2.12. The van der Waals surface area contributed by atoms with Crippen LogP contribution in [0.4, 0.5) is 10.2 Å². The monoisotopic (exact) mass is 319 g/mol. The number of carboxylic acid groups (broad SMARTS) is 1. The van der Waals surface area contributed by atoms with Crippen molar-refractivity contribution in [1.82, 2.24) is 9.78 Å². The van der Waals surface area contributed by atoms with Crippen LogP contribution < -0.4 is 5.32 Å². The van der Waals surface area contributed by atoms with Crippen molar-refractivity contribution >= 4 is 17.7 Å². The van der Waals surface area contributed by atoms with Crippen LogP contribution in [0.3, 0.4) is 0 Å². The Morgan fingerprint density at radius 2 is 2.17 bits per heavy atom. The summed E-state index contributed by atoms with van der Waals surface area (Å²) in [6.07, 6.45) is 2.35. The molecule has 2 rings (SSSR count). The number of halogens is 1. The molecule has 2 aromatic rings. The van der Waals surface area contributed by atoms with E-state index in [4.69, 9.17) is 5.11 Å². The molecule has 7 heteroatoms. The van der Waals surface area contributed by atoms with Crippen molar-refractivity contribution in [2.75, 3.05) is 5.32 Å². The van der Waals surface area contributed by atoms with Crippen LogP contribution in [0, 0.1) is 11.7 Å². The predicted octanol–water partition coefficient (Wildman–Crippen LogP) is 2.31. The summed E-state index contributed by atoms with van der Waals surface area (Å²) in [6.45, 7) is 1.65. The van der Waals surface area contributed by atoms with Gasteiger partial charge < -0.3 is 10.4 Å². The Hall–Kier alpha value is -2.70. The largest absolute Gasteiger partial charge is 0.480 e. The van der Waals surface area contributed by atoms with E-state index in [1.807, 2.05) is 13.0 Å². The van der Waals surface area contributed by atoms with E-state index >= 15 is 0 Å². The lowest BCUT2D eigenvalue weighted by Gasteiger charge is -2.11. The summed E-state index contributed by atoms with van der Waals surface area (Å²) in [7, 11) is 0. The van der Waals surface area contributed by atoms with Crippen LogP contribution in [0.2, 0.25) is 0 Å². The topological polar surface area (TPSA) is 84.2 Å². The van der Waals surface area contributed by atoms with Crippen molar-refractivity contribution in [2.24, 2.45) is 5.92 Å². The van der Waals surface area contributed by atoms with Gasteiger partial charge in [-0.05, 0) is 30.0 Å². The summed E-state index contributed by atoms with van der Waals surface area (Å²) in [6, 6.07) is 7.85. The predicted molar refractivity (Wildman–Crippen MR) is 82.4 cm³/mol. The fourth-order valence-electron chi connectivity index (χ4n) is 2.30. The number of aliphatic carboxylic acids is 1. The van der Waals surface area contributed by atoms with Crippen molar-refractivity contribution in [2.45, 2.75) is 26.3 Å². The van der Waals surface area contributed by atoms with Gasteiger partial charge in [0.1, 0.15) is 12.4 Å². The number of aromatic nitrogens is 2. The average molecular weight is 319 g/mol. The quantitative estimate of drug-likeness (QED) is 0.820. The lowest BCUT2D eigenvalue weighted by Crippen LogP contribution is -2.17. The van der Waals surface area contributed by atoms with Crippen molar-refractivity contribution in [3.05, 3.63) is 47.9 Å². The van der Waals surface area contributed by atoms with Gasteiger partial charge in [0, 0.05) is 18.7 Å². The zero-order valence-corrected chi connectivity index (χ0v) is 12.7. The van der Waals surface area contributed by atoms with E-state index in [-0.39, 0.29) is 30.6 Å². The van der Waals surface area contributed by atoms with Crippen LogP contribution in [0.1, 0.15) is 18.9 Å². The molecule has 0 spiro atoms. The molecule has 2 N–H and O–H groups in total. The van der Waals surface area contributed by atoms with E-state index in [1.54, 1.807) is 6.07 Å². The van der Waals surface area contributed by atoms with Crippen molar-refractivity contribution in [3.8, 4) is 0 Å². The van der Waals surface area contributed by atoms with E-state index in [0.29, 0.717) is 12.2 Å². The Bertz CT molecular complexity index is 699. The number of hydrogen-bond donors (Lipinski definition) is 2. The fourth-order valence-corrected chi connectivity index (χ4v) is 2.30. The summed E-state index contributed by atoms with van der Waals surface area (Å²) >= 11 is 0. The molecular formula is C16H18FN3O3. The Balaban J connectivity index is 1.84. The Labute approximate surface area is 132 Å². The molecule has 1 atom stereocenters. The van der Waals surface area contributed by atoms with Gasteiger partial charge in [-0.1, -0.05) is 19.1 Å². The summed E-state index contributed by atoms with van der Waals surface area (Å²) in [5.41, 5.74) is 0.844. The van der Waals surface area contributed by atoms with Crippen LogP contribution in [-0.2, 0) is 22.6 Å². The summed E-state index contributed by atoms with van der Waals surface area (Å²) in [5.74, 6) is -1.15. The van der Waals surface area contributed by atoms with Crippen LogP contribution >= 0.6 is 0 Å². The first kappa shape index (κ1) is 16.7. The van der Waals surface area contributed by atoms with Crippen LogP contribution in [0.25, 0.3) is 0 Å². The highest BCUT2D eigenvalue weighted by molar-refractivity contribution is 5.89. The molecular weight excluding hydrogens is 301 g/mol. The standard InChI is InChI=1S/C16H18FN3O3/c1-11(7-12-3-2-4-13(17)9-12)8-15(21)18-14-5-6-20(19-14)10-16(22)23/h2-6,9,11H,7-8,10H2,1H3,(H,22,23)(H,18,19,21). The molecule has 0 aliphatic rings. The minimum atomic E-state index is -1.00. The van der Waals surface area contributed by atoms with Gasteiger partial charge in [0.05, 0.1) is 0 Å². The number of carboxylic acids is 1. The van der Waals surface area contributed by atoms with Gasteiger partial charge in [-0.3, -0.25) is 14.3 Å². The molecule has 6 nitrogen and oxygen atoms in total. The van der Waals surface area contributed by atoms with E-state index in [1.165, 1.54) is 29.1 Å². The van der Waals surface area contributed by atoms with E-state index in [2.05, 4.69) is 10.4 Å². The Kier molecular flexibility index (Phi) is 5.46. The molecule has 0 saturated heterocycles. The van der Waals surface area contributed by atoms with Gasteiger partial charge in [-0.15, -0.1) is 0 Å². The zero-order valence-electron chi connectivity index (χ0n) is 12.7. The minimum absolute atomic E-state index is 0.0397. The number of hydrogen-bond acceptors (Lipinski definition) is 3. The second kappa shape index (κ2) is 7.53. The summed E-state index contributed by atoms with van der Waals surface area (Å²) in [4.78, 5) is 22.5. The SMILES string of the molecule is CC(CC(=O)Nc1ccn(CC(=O)O)n1)Cc1cccc(F)c1. The van der Waals surface area contributed by atoms with Crippen LogP contribution in [-0.4, -0.2) is 26.8 Å². The number of rotatable bonds is 7. The van der Waals surface area contributed by atoms with Gasteiger partial charge in [-0.25, -0.2) is 4.39 Å².